The first kappa shape index (κ1) is 13.7. The van der Waals surface area contributed by atoms with E-state index >= 15 is 0 Å². The third-order valence-corrected chi connectivity index (χ3v) is 2.66. The van der Waals surface area contributed by atoms with Gasteiger partial charge >= 0.3 is 5.97 Å². The maximum Gasteiger partial charge on any atom is 0.312 e. The molecule has 0 heterocycles. The normalized spacial score (nSPS) is 13.2. The highest BCUT2D eigenvalue weighted by atomic mass is 19.1. The minimum atomic E-state index is -1.21. The van der Waals surface area contributed by atoms with Crippen molar-refractivity contribution in [3.05, 3.63) is 35.4 Å². The summed E-state index contributed by atoms with van der Waals surface area (Å²) in [6.07, 6.45) is 0.375. The topological polar surface area (TPSA) is 26.3 Å². The van der Waals surface area contributed by atoms with Crippen molar-refractivity contribution in [2.45, 2.75) is 38.8 Å². The number of esters is 1. The van der Waals surface area contributed by atoms with Gasteiger partial charge in [0.15, 0.2) is 0 Å². The zero-order valence-electron chi connectivity index (χ0n) is 10.8. The lowest BCUT2D eigenvalue weighted by molar-refractivity contribution is -0.141. The van der Waals surface area contributed by atoms with Gasteiger partial charge < -0.3 is 4.74 Å². The number of halogens is 1. The summed E-state index contributed by atoms with van der Waals surface area (Å²) in [7, 11) is 1.37. The molecule has 2 nitrogen and oxygen atoms in total. The predicted octanol–water partition coefficient (Wildman–Crippen LogP) is 3.25. The second kappa shape index (κ2) is 5.30. The maximum atomic E-state index is 13.4. The minimum Gasteiger partial charge on any atom is -0.469 e. The first-order chi connectivity index (χ1) is 7.83. The third-order valence-electron chi connectivity index (χ3n) is 2.66. The second-order valence-corrected chi connectivity index (χ2v) is 4.88. The van der Waals surface area contributed by atoms with Crippen molar-refractivity contribution in [1.82, 2.24) is 0 Å². The summed E-state index contributed by atoms with van der Waals surface area (Å²) in [5, 5.41) is 0. The maximum absolute atomic E-state index is 13.4. The average Bonchev–Trinajstić information content (AvgIpc) is 2.26. The molecule has 0 amide bonds. The largest absolute Gasteiger partial charge is 0.469 e. The molecule has 1 rings (SSSR count). The quantitative estimate of drug-likeness (QED) is 0.753. The van der Waals surface area contributed by atoms with Crippen molar-refractivity contribution >= 4 is 5.97 Å². The van der Waals surface area contributed by atoms with Crippen LogP contribution in [-0.2, 0) is 16.0 Å². The summed E-state index contributed by atoms with van der Waals surface area (Å²) in [6.45, 7) is 4.90. The molecule has 0 saturated carbocycles. The first-order valence-electron chi connectivity index (χ1n) is 5.69. The smallest absolute Gasteiger partial charge is 0.312 e. The van der Waals surface area contributed by atoms with E-state index in [1.165, 1.54) is 7.11 Å². The lowest BCUT2D eigenvalue weighted by Gasteiger charge is -2.15. The van der Waals surface area contributed by atoms with Crippen LogP contribution in [0.5, 0.6) is 0 Å². The van der Waals surface area contributed by atoms with Gasteiger partial charge in [0.25, 0.3) is 0 Å². The molecule has 0 aliphatic heterocycles. The molecule has 0 radical (unpaired) electrons. The summed E-state index contributed by atoms with van der Waals surface area (Å²) < 4.78 is 18.1. The molecule has 0 spiro atoms. The summed E-state index contributed by atoms with van der Waals surface area (Å²) in [5.74, 6) is -0.545. The van der Waals surface area contributed by atoms with Crippen molar-refractivity contribution < 1.29 is 13.9 Å². The summed E-state index contributed by atoms with van der Waals surface area (Å²) >= 11 is 0. The summed E-state index contributed by atoms with van der Waals surface area (Å²) in [4.78, 5) is 11.3. The molecule has 0 bridgehead atoms. The van der Waals surface area contributed by atoms with E-state index in [9.17, 15) is 9.18 Å². The highest BCUT2D eigenvalue weighted by Crippen LogP contribution is 2.20. The van der Waals surface area contributed by atoms with Crippen LogP contribution in [0, 0.1) is 0 Å². The van der Waals surface area contributed by atoms with Crippen LogP contribution in [0.4, 0.5) is 4.39 Å². The standard InChI is InChI=1S/C14H19FO2/c1-10(13(16)17-4)12-7-5-11(6-8-12)9-14(2,3)15/h5-8,10H,9H2,1-4H3. The SMILES string of the molecule is COC(=O)C(C)c1ccc(CC(C)(C)F)cc1. The first-order valence-corrected chi connectivity index (χ1v) is 5.69. The lowest BCUT2D eigenvalue weighted by atomic mass is 9.96. The molecule has 94 valence electrons. The number of alkyl halides is 1. The zero-order chi connectivity index (χ0) is 13.1. The van der Waals surface area contributed by atoms with Crippen molar-refractivity contribution in [1.29, 1.82) is 0 Å². The monoisotopic (exact) mass is 238 g/mol. The Hall–Kier alpha value is -1.38. The number of methoxy groups -OCH3 is 1. The van der Waals surface area contributed by atoms with Gasteiger partial charge in [-0.3, -0.25) is 4.79 Å². The molecular formula is C14H19FO2. The van der Waals surface area contributed by atoms with E-state index in [-0.39, 0.29) is 11.9 Å². The highest BCUT2D eigenvalue weighted by molar-refractivity contribution is 5.77. The number of hydrogen-bond donors (Lipinski definition) is 0. The van der Waals surface area contributed by atoms with Gasteiger partial charge in [-0.15, -0.1) is 0 Å². The summed E-state index contributed by atoms with van der Waals surface area (Å²) in [5.41, 5.74) is 0.603. The number of carbonyl (C=O) groups excluding carboxylic acids is 1. The molecular weight excluding hydrogens is 219 g/mol. The molecule has 0 N–H and O–H groups in total. The molecule has 1 aromatic rings. The highest BCUT2D eigenvalue weighted by Gasteiger charge is 2.18. The molecule has 1 aromatic carbocycles. The molecule has 0 fully saturated rings. The van der Waals surface area contributed by atoms with Crippen LogP contribution in [0.1, 0.15) is 37.8 Å². The van der Waals surface area contributed by atoms with Gasteiger partial charge in [0.05, 0.1) is 13.0 Å². The third kappa shape index (κ3) is 4.17. The molecule has 1 unspecified atom stereocenters. The molecule has 0 aromatic heterocycles. The fraction of sp³-hybridized carbons (Fsp3) is 0.500. The van der Waals surface area contributed by atoms with Gasteiger partial charge in [-0.25, -0.2) is 4.39 Å². The van der Waals surface area contributed by atoms with Crippen molar-refractivity contribution in [3.8, 4) is 0 Å². The Labute approximate surface area is 102 Å². The van der Waals surface area contributed by atoms with E-state index < -0.39 is 5.67 Å². The van der Waals surface area contributed by atoms with Crippen LogP contribution >= 0.6 is 0 Å². The number of rotatable bonds is 4. The van der Waals surface area contributed by atoms with Crippen LogP contribution in [0.2, 0.25) is 0 Å². The second-order valence-electron chi connectivity index (χ2n) is 4.88. The Bertz CT molecular complexity index is 376. The van der Waals surface area contributed by atoms with Crippen LogP contribution < -0.4 is 0 Å². The van der Waals surface area contributed by atoms with Gasteiger partial charge in [0.1, 0.15) is 5.67 Å². The van der Waals surface area contributed by atoms with Crippen molar-refractivity contribution in [2.75, 3.05) is 7.11 Å². The van der Waals surface area contributed by atoms with Crippen LogP contribution in [0.25, 0.3) is 0 Å². The molecule has 1 atom stereocenters. The number of carbonyl (C=O) groups is 1. The van der Waals surface area contributed by atoms with Crippen molar-refractivity contribution in [2.24, 2.45) is 0 Å². The van der Waals surface area contributed by atoms with Crippen LogP contribution in [-0.4, -0.2) is 18.7 Å². The molecule has 17 heavy (non-hydrogen) atoms. The van der Waals surface area contributed by atoms with Gasteiger partial charge in [-0.1, -0.05) is 24.3 Å². The van der Waals surface area contributed by atoms with Crippen molar-refractivity contribution in [3.63, 3.8) is 0 Å². The van der Waals surface area contributed by atoms with Gasteiger partial charge in [-0.2, -0.15) is 0 Å². The van der Waals surface area contributed by atoms with E-state index in [1.807, 2.05) is 24.3 Å². The molecule has 3 heteroatoms. The Balaban J connectivity index is 2.78. The summed E-state index contributed by atoms with van der Waals surface area (Å²) in [6, 6.07) is 7.41. The van der Waals surface area contributed by atoms with Gasteiger partial charge in [0.2, 0.25) is 0 Å². The Kier molecular flexibility index (Phi) is 4.27. The molecule has 0 aliphatic rings. The Morgan fingerprint density at radius 3 is 2.29 bits per heavy atom. The van der Waals surface area contributed by atoms with E-state index in [0.717, 1.165) is 11.1 Å². The van der Waals surface area contributed by atoms with Gasteiger partial charge in [-0.05, 0) is 31.9 Å². The van der Waals surface area contributed by atoms with E-state index in [2.05, 4.69) is 4.74 Å². The fourth-order valence-electron chi connectivity index (χ4n) is 1.72. The Morgan fingerprint density at radius 1 is 1.35 bits per heavy atom. The fourth-order valence-corrected chi connectivity index (χ4v) is 1.72. The number of hydrogen-bond acceptors (Lipinski definition) is 2. The Morgan fingerprint density at radius 2 is 1.88 bits per heavy atom. The van der Waals surface area contributed by atoms with Crippen LogP contribution in [0.15, 0.2) is 24.3 Å². The van der Waals surface area contributed by atoms with E-state index in [4.69, 9.17) is 0 Å². The molecule has 0 aliphatic carbocycles. The number of benzene rings is 1. The zero-order valence-corrected chi connectivity index (χ0v) is 10.8. The number of ether oxygens (including phenoxy) is 1. The molecule has 0 saturated heterocycles. The average molecular weight is 238 g/mol. The predicted molar refractivity (Wildman–Crippen MR) is 65.8 cm³/mol. The minimum absolute atomic E-state index is 0.261. The van der Waals surface area contributed by atoms with Crippen LogP contribution in [0.3, 0.4) is 0 Å². The lowest BCUT2D eigenvalue weighted by Crippen LogP contribution is -2.15. The van der Waals surface area contributed by atoms with E-state index in [0.29, 0.717) is 6.42 Å². The van der Waals surface area contributed by atoms with E-state index in [1.54, 1.807) is 20.8 Å². The van der Waals surface area contributed by atoms with Gasteiger partial charge in [0, 0.05) is 6.42 Å².